The minimum Gasteiger partial charge on any atom is -0.308 e. The van der Waals surface area contributed by atoms with Gasteiger partial charge in [-0.2, -0.15) is 0 Å². The third kappa shape index (κ3) is 3.65. The Labute approximate surface area is 138 Å². The van der Waals surface area contributed by atoms with Crippen molar-refractivity contribution in [3.05, 3.63) is 47.1 Å². The average Bonchev–Trinajstić information content (AvgIpc) is 2.96. The Morgan fingerprint density at radius 3 is 2.74 bits per heavy atom. The van der Waals surface area contributed by atoms with Crippen LogP contribution >= 0.6 is 11.3 Å². The predicted octanol–water partition coefficient (Wildman–Crippen LogP) is 4.77. The summed E-state index contributed by atoms with van der Waals surface area (Å²) in [7, 11) is 0. The highest BCUT2D eigenvalue weighted by Gasteiger charge is 2.09. The van der Waals surface area contributed by atoms with Gasteiger partial charge in [0, 0.05) is 27.8 Å². The first-order chi connectivity index (χ1) is 11.0. The van der Waals surface area contributed by atoms with Crippen LogP contribution in [0.1, 0.15) is 30.3 Å². The monoisotopic (exact) mass is 326 g/mol. The molecule has 0 spiro atoms. The summed E-state index contributed by atoms with van der Waals surface area (Å²) < 4.78 is 0. The lowest BCUT2D eigenvalue weighted by atomic mass is 10.2. The van der Waals surface area contributed by atoms with Gasteiger partial charge in [0.05, 0.1) is 5.52 Å². The molecule has 2 heterocycles. The fourth-order valence-electron chi connectivity index (χ4n) is 2.18. The molecule has 1 aromatic carbocycles. The van der Waals surface area contributed by atoms with E-state index in [-0.39, 0.29) is 6.03 Å². The zero-order valence-corrected chi connectivity index (χ0v) is 14.1. The van der Waals surface area contributed by atoms with Gasteiger partial charge in [-0.3, -0.25) is 10.3 Å². The predicted molar refractivity (Wildman–Crippen MR) is 95.3 cm³/mol. The molecule has 2 aromatic heterocycles. The summed E-state index contributed by atoms with van der Waals surface area (Å²) in [5.74, 6) is 0.405. The van der Waals surface area contributed by atoms with Crippen molar-refractivity contribution in [3.63, 3.8) is 0 Å². The summed E-state index contributed by atoms with van der Waals surface area (Å²) >= 11 is 1.49. The van der Waals surface area contributed by atoms with Crippen LogP contribution in [0.2, 0.25) is 0 Å². The van der Waals surface area contributed by atoms with Gasteiger partial charge in [-0.25, -0.2) is 9.78 Å². The number of anilines is 2. The molecule has 0 fully saturated rings. The highest BCUT2D eigenvalue weighted by Crippen LogP contribution is 2.25. The van der Waals surface area contributed by atoms with Crippen LogP contribution < -0.4 is 10.6 Å². The van der Waals surface area contributed by atoms with Crippen molar-refractivity contribution < 1.29 is 4.79 Å². The summed E-state index contributed by atoms with van der Waals surface area (Å²) in [4.78, 5) is 21.9. The SMILES string of the molecule is Cc1ccc2cc(NC(=O)Nc3ncc(C(C)C)s3)ccc2n1. The smallest absolute Gasteiger partial charge is 0.308 e. The van der Waals surface area contributed by atoms with Crippen LogP contribution in [0.25, 0.3) is 10.9 Å². The number of carbonyl (C=O) groups excluding carboxylic acids is 1. The van der Waals surface area contributed by atoms with Gasteiger partial charge in [-0.05, 0) is 37.1 Å². The number of pyridine rings is 1. The Morgan fingerprint density at radius 1 is 1.17 bits per heavy atom. The minimum atomic E-state index is -0.297. The Bertz CT molecular complexity index is 857. The van der Waals surface area contributed by atoms with Crippen molar-refractivity contribution >= 4 is 39.1 Å². The maximum atomic E-state index is 12.1. The number of nitrogens with one attached hydrogen (secondary N) is 2. The number of nitrogens with zero attached hydrogens (tertiary/aromatic N) is 2. The van der Waals surface area contributed by atoms with Crippen LogP contribution in [0.15, 0.2) is 36.5 Å². The molecule has 0 aliphatic carbocycles. The average molecular weight is 326 g/mol. The van der Waals surface area contributed by atoms with Crippen LogP contribution in [0.4, 0.5) is 15.6 Å². The van der Waals surface area contributed by atoms with Gasteiger partial charge in [-0.1, -0.05) is 19.9 Å². The lowest BCUT2D eigenvalue weighted by Crippen LogP contribution is -2.19. The molecule has 23 heavy (non-hydrogen) atoms. The molecule has 2 N–H and O–H groups in total. The summed E-state index contributed by atoms with van der Waals surface area (Å²) in [6, 6.07) is 9.30. The molecule has 3 aromatic rings. The molecule has 0 aliphatic rings. The number of benzene rings is 1. The fourth-order valence-corrected chi connectivity index (χ4v) is 2.99. The minimum absolute atomic E-state index is 0.297. The normalized spacial score (nSPS) is 11.0. The molecule has 0 atom stereocenters. The van der Waals surface area contributed by atoms with Gasteiger partial charge in [-0.15, -0.1) is 11.3 Å². The largest absolute Gasteiger partial charge is 0.325 e. The van der Waals surface area contributed by atoms with Gasteiger partial charge >= 0.3 is 6.03 Å². The van der Waals surface area contributed by atoms with E-state index in [0.717, 1.165) is 27.2 Å². The number of rotatable bonds is 3. The van der Waals surface area contributed by atoms with E-state index in [1.807, 2.05) is 37.3 Å². The highest BCUT2D eigenvalue weighted by atomic mass is 32.1. The first-order valence-corrected chi connectivity index (χ1v) is 8.24. The van der Waals surface area contributed by atoms with Crippen LogP contribution in [0.3, 0.4) is 0 Å². The summed E-state index contributed by atoms with van der Waals surface area (Å²) in [6.07, 6.45) is 1.80. The van der Waals surface area contributed by atoms with Gasteiger partial charge in [0.1, 0.15) is 0 Å². The van der Waals surface area contributed by atoms with Gasteiger partial charge < -0.3 is 5.32 Å². The molecule has 0 saturated carbocycles. The summed E-state index contributed by atoms with van der Waals surface area (Å²) in [6.45, 7) is 6.16. The Morgan fingerprint density at radius 2 is 2.00 bits per heavy atom. The number of fused-ring (bicyclic) bond motifs is 1. The molecular formula is C17H18N4OS. The van der Waals surface area contributed by atoms with Gasteiger partial charge in [0.15, 0.2) is 5.13 Å². The Kier molecular flexibility index (Phi) is 4.25. The number of hydrogen-bond acceptors (Lipinski definition) is 4. The van der Waals surface area contributed by atoms with Crippen LogP contribution in [-0.2, 0) is 0 Å². The zero-order chi connectivity index (χ0) is 16.4. The molecule has 0 saturated heterocycles. The molecule has 3 rings (SSSR count). The standard InChI is InChI=1S/C17H18N4OS/c1-10(2)15-9-18-17(23-15)21-16(22)20-13-6-7-14-12(8-13)5-4-11(3)19-14/h4-10H,1-3H3,(H2,18,20,21,22). The molecule has 0 aliphatic heterocycles. The van der Waals surface area contributed by atoms with E-state index in [4.69, 9.17) is 0 Å². The number of amides is 2. The number of thiazole rings is 1. The molecule has 0 radical (unpaired) electrons. The van der Waals surface area contributed by atoms with E-state index in [2.05, 4.69) is 34.4 Å². The second kappa shape index (κ2) is 6.34. The summed E-state index contributed by atoms with van der Waals surface area (Å²) in [5, 5.41) is 7.18. The maximum Gasteiger partial charge on any atom is 0.325 e. The van der Waals surface area contributed by atoms with Gasteiger partial charge in [0.2, 0.25) is 0 Å². The lowest BCUT2D eigenvalue weighted by molar-refractivity contribution is 0.262. The number of urea groups is 1. The first-order valence-electron chi connectivity index (χ1n) is 7.42. The number of hydrogen-bond donors (Lipinski definition) is 2. The van der Waals surface area contributed by atoms with Gasteiger partial charge in [0.25, 0.3) is 0 Å². The van der Waals surface area contributed by atoms with Crippen molar-refractivity contribution in [1.29, 1.82) is 0 Å². The maximum absolute atomic E-state index is 12.1. The zero-order valence-electron chi connectivity index (χ0n) is 13.3. The Hall–Kier alpha value is -2.47. The highest BCUT2D eigenvalue weighted by molar-refractivity contribution is 7.15. The van der Waals surface area contributed by atoms with Crippen LogP contribution in [0.5, 0.6) is 0 Å². The van der Waals surface area contributed by atoms with E-state index in [1.54, 1.807) is 6.20 Å². The van der Waals surface area contributed by atoms with Crippen molar-refractivity contribution in [2.24, 2.45) is 0 Å². The molecule has 0 bridgehead atoms. The van der Waals surface area contributed by atoms with Crippen molar-refractivity contribution in [3.8, 4) is 0 Å². The molecule has 5 nitrogen and oxygen atoms in total. The molecule has 118 valence electrons. The van der Waals surface area contributed by atoms with E-state index < -0.39 is 0 Å². The van der Waals surface area contributed by atoms with E-state index in [1.165, 1.54) is 11.3 Å². The first kappa shape index (κ1) is 15.4. The number of aromatic nitrogens is 2. The Balaban J connectivity index is 1.70. The van der Waals surface area contributed by atoms with E-state index in [0.29, 0.717) is 11.0 Å². The quantitative estimate of drug-likeness (QED) is 0.728. The van der Waals surface area contributed by atoms with Crippen molar-refractivity contribution in [1.82, 2.24) is 9.97 Å². The third-order valence-corrected chi connectivity index (χ3v) is 4.61. The van der Waals surface area contributed by atoms with Crippen molar-refractivity contribution in [2.45, 2.75) is 26.7 Å². The van der Waals surface area contributed by atoms with E-state index in [9.17, 15) is 4.79 Å². The molecule has 6 heteroatoms. The van der Waals surface area contributed by atoms with E-state index >= 15 is 0 Å². The number of carbonyl (C=O) groups is 1. The molecular weight excluding hydrogens is 308 g/mol. The third-order valence-electron chi connectivity index (χ3n) is 3.40. The number of aryl methyl sites for hydroxylation is 1. The molecule has 0 unspecified atom stereocenters. The molecule has 2 amide bonds. The second-order valence-corrected chi connectivity index (χ2v) is 6.72. The fraction of sp³-hybridized carbons (Fsp3) is 0.235. The van der Waals surface area contributed by atoms with Crippen LogP contribution in [0, 0.1) is 6.92 Å². The lowest BCUT2D eigenvalue weighted by Gasteiger charge is -2.07. The topological polar surface area (TPSA) is 66.9 Å². The second-order valence-electron chi connectivity index (χ2n) is 5.66. The summed E-state index contributed by atoms with van der Waals surface area (Å²) in [5.41, 5.74) is 2.61. The van der Waals surface area contributed by atoms with Crippen molar-refractivity contribution in [2.75, 3.05) is 10.6 Å². The van der Waals surface area contributed by atoms with Crippen LogP contribution in [-0.4, -0.2) is 16.0 Å².